The van der Waals surface area contributed by atoms with Crippen molar-refractivity contribution in [2.45, 2.75) is 13.0 Å². The van der Waals surface area contributed by atoms with Gasteiger partial charge in [-0.25, -0.2) is 9.18 Å². The zero-order valence-corrected chi connectivity index (χ0v) is 20.8. The molecular weight excluding hydrogens is 489 g/mol. The van der Waals surface area contributed by atoms with Crippen molar-refractivity contribution in [1.29, 1.82) is 0 Å². The van der Waals surface area contributed by atoms with Crippen molar-refractivity contribution in [2.75, 3.05) is 49.1 Å². The smallest absolute Gasteiger partial charge is 0.414 e. The van der Waals surface area contributed by atoms with Crippen LogP contribution in [0.4, 0.5) is 20.6 Å². The second-order valence-corrected chi connectivity index (χ2v) is 9.29. The largest absolute Gasteiger partial charge is 0.442 e. The van der Waals surface area contributed by atoms with Crippen molar-refractivity contribution in [3.63, 3.8) is 0 Å². The fraction of sp³-hybridized carbons (Fsp3) is 0.333. The van der Waals surface area contributed by atoms with Crippen LogP contribution in [0.5, 0.6) is 0 Å². The number of ether oxygens (including phenoxy) is 1. The first-order chi connectivity index (χ1) is 16.8. The Morgan fingerprint density at radius 3 is 2.49 bits per heavy atom. The first-order valence-electron chi connectivity index (χ1n) is 11.2. The standard InChI is InChI=1S/C24H26FN5O3S2/c1-16(34)26-14-19-15-30(24(32)33-19)18-7-8-21(20(25)13-18)28-9-11-29(12-10-28)23(35)27-22(31)17-5-3-2-4-6-17/h2-8,13,19H,9-12,14-15H2,1H3,(H,26,34)(H,27,31,35)/t19-/m0/s1. The first-order valence-corrected chi connectivity index (χ1v) is 12.1. The number of thiocarbonyl (C=S) groups is 2. The van der Waals surface area contributed by atoms with E-state index in [0.29, 0.717) is 66.3 Å². The van der Waals surface area contributed by atoms with Gasteiger partial charge in [-0.1, -0.05) is 30.4 Å². The van der Waals surface area contributed by atoms with E-state index in [0.717, 1.165) is 0 Å². The molecule has 0 aliphatic carbocycles. The highest BCUT2D eigenvalue weighted by Gasteiger charge is 2.33. The summed E-state index contributed by atoms with van der Waals surface area (Å²) in [5.41, 5.74) is 1.44. The third kappa shape index (κ3) is 6.04. The molecule has 2 aliphatic heterocycles. The van der Waals surface area contributed by atoms with Crippen LogP contribution in [-0.4, -0.2) is 72.4 Å². The molecule has 0 saturated carbocycles. The lowest BCUT2D eigenvalue weighted by molar-refractivity contribution is 0.0973. The van der Waals surface area contributed by atoms with Gasteiger partial charge >= 0.3 is 6.09 Å². The van der Waals surface area contributed by atoms with E-state index < -0.39 is 11.9 Å². The van der Waals surface area contributed by atoms with Gasteiger partial charge in [-0.05, 0) is 49.5 Å². The quantitative estimate of drug-likeness (QED) is 0.589. The average molecular weight is 516 g/mol. The van der Waals surface area contributed by atoms with Crippen LogP contribution in [0, 0.1) is 5.82 Å². The minimum atomic E-state index is -0.509. The summed E-state index contributed by atoms with van der Waals surface area (Å²) in [6.07, 6.45) is -0.868. The predicted molar refractivity (Wildman–Crippen MR) is 141 cm³/mol. The van der Waals surface area contributed by atoms with Crippen LogP contribution in [0.15, 0.2) is 48.5 Å². The van der Waals surface area contributed by atoms with Gasteiger partial charge in [0, 0.05) is 31.7 Å². The zero-order chi connectivity index (χ0) is 24.9. The number of rotatable bonds is 5. The lowest BCUT2D eigenvalue weighted by Gasteiger charge is -2.37. The number of anilines is 2. The van der Waals surface area contributed by atoms with Gasteiger partial charge < -0.3 is 19.9 Å². The summed E-state index contributed by atoms with van der Waals surface area (Å²) in [6.45, 7) is 4.64. The van der Waals surface area contributed by atoms with Crippen LogP contribution in [-0.2, 0) is 4.74 Å². The van der Waals surface area contributed by atoms with Crippen LogP contribution in [0.3, 0.4) is 0 Å². The second kappa shape index (κ2) is 11.0. The molecular formula is C24H26FN5O3S2. The van der Waals surface area contributed by atoms with Crippen LogP contribution in [0.1, 0.15) is 17.3 Å². The Kier molecular flexibility index (Phi) is 7.76. The molecule has 11 heteroatoms. The number of hydrogen-bond donors (Lipinski definition) is 2. The van der Waals surface area contributed by atoms with E-state index in [1.165, 1.54) is 11.0 Å². The maximum absolute atomic E-state index is 15.0. The third-order valence-electron chi connectivity index (χ3n) is 5.86. The van der Waals surface area contributed by atoms with Gasteiger partial charge in [-0.15, -0.1) is 0 Å². The van der Waals surface area contributed by atoms with Gasteiger partial charge in [0.2, 0.25) is 0 Å². The van der Waals surface area contributed by atoms with Crippen LogP contribution < -0.4 is 20.4 Å². The Bertz CT molecular complexity index is 1130. The molecule has 0 unspecified atom stereocenters. The van der Waals surface area contributed by atoms with Crippen molar-refractivity contribution in [2.24, 2.45) is 0 Å². The van der Waals surface area contributed by atoms with Gasteiger partial charge in [-0.2, -0.15) is 0 Å². The number of carbonyl (C=O) groups is 2. The lowest BCUT2D eigenvalue weighted by atomic mass is 10.2. The van der Waals surface area contributed by atoms with Crippen molar-refractivity contribution in [3.8, 4) is 0 Å². The second-order valence-electron chi connectivity index (χ2n) is 8.29. The molecule has 0 aromatic heterocycles. The number of carbonyl (C=O) groups excluding carboxylic acids is 2. The molecule has 4 rings (SSSR count). The maximum atomic E-state index is 15.0. The molecule has 0 radical (unpaired) electrons. The molecule has 184 valence electrons. The molecule has 2 saturated heterocycles. The lowest BCUT2D eigenvalue weighted by Crippen LogP contribution is -2.52. The molecule has 2 fully saturated rings. The molecule has 2 aliphatic rings. The van der Waals surface area contributed by atoms with Crippen LogP contribution in [0.25, 0.3) is 0 Å². The summed E-state index contributed by atoms with van der Waals surface area (Å²) in [6, 6.07) is 13.6. The maximum Gasteiger partial charge on any atom is 0.414 e. The summed E-state index contributed by atoms with van der Waals surface area (Å²) in [5.74, 6) is -0.671. The molecule has 1 atom stereocenters. The number of nitrogens with one attached hydrogen (secondary N) is 2. The van der Waals surface area contributed by atoms with Crippen molar-refractivity contribution in [3.05, 3.63) is 59.9 Å². The van der Waals surface area contributed by atoms with E-state index in [2.05, 4.69) is 10.6 Å². The van der Waals surface area contributed by atoms with Gasteiger partial charge in [-0.3, -0.25) is 15.0 Å². The highest BCUT2D eigenvalue weighted by Crippen LogP contribution is 2.28. The normalized spacial score (nSPS) is 17.7. The number of piperazine rings is 1. The minimum Gasteiger partial charge on any atom is -0.442 e. The molecule has 35 heavy (non-hydrogen) atoms. The van der Waals surface area contributed by atoms with Crippen molar-refractivity contribution < 1.29 is 18.7 Å². The fourth-order valence-corrected chi connectivity index (χ4v) is 4.36. The Morgan fingerprint density at radius 2 is 1.83 bits per heavy atom. The Morgan fingerprint density at radius 1 is 1.11 bits per heavy atom. The van der Waals surface area contributed by atoms with E-state index in [1.54, 1.807) is 43.3 Å². The molecule has 2 amide bonds. The number of amides is 2. The number of hydrogen-bond acceptors (Lipinski definition) is 6. The van der Waals surface area contributed by atoms with Gasteiger partial charge in [0.05, 0.1) is 29.5 Å². The summed E-state index contributed by atoms with van der Waals surface area (Å²) >= 11 is 10.4. The Balaban J connectivity index is 1.32. The topological polar surface area (TPSA) is 77.2 Å². The number of nitrogens with zero attached hydrogens (tertiary/aromatic N) is 3. The number of benzene rings is 2. The highest BCUT2D eigenvalue weighted by molar-refractivity contribution is 7.80. The molecule has 2 aromatic rings. The summed E-state index contributed by atoms with van der Waals surface area (Å²) in [4.78, 5) is 30.5. The Hall–Kier alpha value is -3.31. The third-order valence-corrected chi connectivity index (χ3v) is 6.36. The summed E-state index contributed by atoms with van der Waals surface area (Å²) in [5, 5.41) is 6.10. The molecule has 2 aromatic carbocycles. The number of cyclic esters (lactones) is 1. The van der Waals surface area contributed by atoms with E-state index in [9.17, 15) is 9.59 Å². The van der Waals surface area contributed by atoms with E-state index in [1.807, 2.05) is 15.9 Å². The monoisotopic (exact) mass is 515 g/mol. The first kappa shape index (κ1) is 24.8. The predicted octanol–water partition coefficient (Wildman–Crippen LogP) is 2.92. The van der Waals surface area contributed by atoms with Gasteiger partial charge in [0.1, 0.15) is 11.9 Å². The highest BCUT2D eigenvalue weighted by atomic mass is 32.1. The summed E-state index contributed by atoms with van der Waals surface area (Å²) in [7, 11) is 0. The van der Waals surface area contributed by atoms with E-state index in [4.69, 9.17) is 29.2 Å². The van der Waals surface area contributed by atoms with Gasteiger partial charge in [0.15, 0.2) is 5.11 Å². The van der Waals surface area contributed by atoms with E-state index in [-0.39, 0.29) is 12.0 Å². The fourth-order valence-electron chi connectivity index (χ4n) is 4.00. The molecule has 0 spiro atoms. The number of halogens is 1. The average Bonchev–Trinajstić information content (AvgIpc) is 3.23. The zero-order valence-electron chi connectivity index (χ0n) is 19.2. The molecule has 0 bridgehead atoms. The molecule has 2 N–H and O–H groups in total. The van der Waals surface area contributed by atoms with Crippen molar-refractivity contribution >= 4 is 57.9 Å². The van der Waals surface area contributed by atoms with E-state index >= 15 is 4.39 Å². The Labute approximate surface area is 214 Å². The van der Waals surface area contributed by atoms with Gasteiger partial charge in [0.25, 0.3) is 5.91 Å². The SMILES string of the molecule is CC(=S)NC[C@H]1CN(c2ccc(N3CCN(C(=S)NC(=O)c4ccccc4)CC3)c(F)c2)C(=O)O1. The summed E-state index contributed by atoms with van der Waals surface area (Å²) < 4.78 is 20.4. The van der Waals surface area contributed by atoms with Crippen molar-refractivity contribution in [1.82, 2.24) is 15.5 Å². The molecule has 8 nitrogen and oxygen atoms in total. The van der Waals surface area contributed by atoms with Crippen LogP contribution >= 0.6 is 24.4 Å². The minimum absolute atomic E-state index is 0.254. The van der Waals surface area contributed by atoms with Crippen LogP contribution in [0.2, 0.25) is 0 Å². The molecule has 2 heterocycles.